The Morgan fingerprint density at radius 3 is 2.39 bits per heavy atom. The number of rotatable bonds is 3. The Balaban J connectivity index is 1.31. The average molecular weight is 505 g/mol. The third-order valence-corrected chi connectivity index (χ3v) is 8.70. The van der Waals surface area contributed by atoms with Gasteiger partial charge in [0.1, 0.15) is 7.85 Å². The van der Waals surface area contributed by atoms with Crippen molar-refractivity contribution in [2.24, 2.45) is 17.6 Å². The summed E-state index contributed by atoms with van der Waals surface area (Å²) in [7, 11) is 6.11. The Morgan fingerprint density at radius 2 is 1.69 bits per heavy atom. The molecule has 188 valence electrons. The van der Waals surface area contributed by atoms with E-state index in [9.17, 15) is 9.59 Å². The van der Waals surface area contributed by atoms with Gasteiger partial charge in [0.05, 0.1) is 5.69 Å². The first-order valence-corrected chi connectivity index (χ1v) is 13.5. The zero-order chi connectivity index (χ0) is 25.4. The molecule has 0 spiro atoms. The van der Waals surface area contributed by atoms with Crippen molar-refractivity contribution < 1.29 is 9.59 Å². The van der Waals surface area contributed by atoms with Crippen LogP contribution in [0, 0.1) is 18.8 Å². The number of benzene rings is 1. The maximum Gasteiger partial charge on any atom is 0.314 e. The molecule has 2 aliphatic heterocycles. The van der Waals surface area contributed by atoms with Gasteiger partial charge in [-0.05, 0) is 91.7 Å². The summed E-state index contributed by atoms with van der Waals surface area (Å²) < 4.78 is 0. The van der Waals surface area contributed by atoms with Crippen LogP contribution in [0.15, 0.2) is 24.4 Å². The Hall–Kier alpha value is -2.54. The largest absolute Gasteiger partial charge is 0.351 e. The summed E-state index contributed by atoms with van der Waals surface area (Å²) in [6.07, 6.45) is 7.76. The highest BCUT2D eigenvalue weighted by Crippen LogP contribution is 2.44. The second kappa shape index (κ2) is 10.4. The molecule has 3 heterocycles. The van der Waals surface area contributed by atoms with Crippen LogP contribution in [0.2, 0.25) is 5.02 Å². The van der Waals surface area contributed by atoms with Crippen LogP contribution < -0.4 is 11.2 Å². The van der Waals surface area contributed by atoms with Crippen LogP contribution in [0.1, 0.15) is 66.0 Å². The van der Waals surface area contributed by atoms with Crippen LogP contribution >= 0.6 is 11.6 Å². The van der Waals surface area contributed by atoms with Crippen molar-refractivity contribution >= 4 is 36.8 Å². The first-order chi connectivity index (χ1) is 17.3. The molecule has 2 saturated heterocycles. The van der Waals surface area contributed by atoms with E-state index in [1.807, 2.05) is 4.90 Å². The predicted octanol–water partition coefficient (Wildman–Crippen LogP) is 3.49. The lowest BCUT2D eigenvalue weighted by atomic mass is 9.75. The number of amides is 3. The number of carbonyl (C=O) groups is 2. The minimum Gasteiger partial charge on any atom is -0.351 e. The van der Waals surface area contributed by atoms with E-state index in [2.05, 4.69) is 25.1 Å². The maximum atomic E-state index is 13.1. The van der Waals surface area contributed by atoms with Crippen molar-refractivity contribution in [2.75, 3.05) is 26.2 Å². The van der Waals surface area contributed by atoms with Gasteiger partial charge in [-0.1, -0.05) is 23.1 Å². The van der Waals surface area contributed by atoms with Gasteiger partial charge >= 0.3 is 6.03 Å². The molecule has 2 N–H and O–H groups in total. The van der Waals surface area contributed by atoms with Gasteiger partial charge in [-0.15, -0.1) is 0 Å². The Bertz CT molecular complexity index is 1160. The summed E-state index contributed by atoms with van der Waals surface area (Å²) in [5, 5.41) is 0.783. The molecule has 0 bridgehead atoms. The molecule has 5 rings (SSSR count). The monoisotopic (exact) mass is 504 g/mol. The molecule has 2 fully saturated rings. The fraction of sp³-hybridized carbons (Fsp3) is 0.536. The van der Waals surface area contributed by atoms with Crippen LogP contribution in [0.5, 0.6) is 0 Å². The number of urea groups is 1. The van der Waals surface area contributed by atoms with Crippen LogP contribution in [0.4, 0.5) is 4.79 Å². The summed E-state index contributed by atoms with van der Waals surface area (Å²) in [6, 6.07) is 5.91. The fourth-order valence-electron chi connectivity index (χ4n) is 6.58. The number of likely N-dealkylation sites (tertiary alicyclic amines) is 2. The molecular weight excluding hydrogens is 471 g/mol. The number of hydrogen-bond acceptors (Lipinski definition) is 3. The molecule has 8 heteroatoms. The van der Waals surface area contributed by atoms with Crippen LogP contribution in [0.3, 0.4) is 0 Å². The number of nitrogens with two attached hydrogens (primary N) is 1. The van der Waals surface area contributed by atoms with E-state index in [-0.39, 0.29) is 17.9 Å². The van der Waals surface area contributed by atoms with Crippen LogP contribution in [-0.2, 0) is 17.6 Å². The summed E-state index contributed by atoms with van der Waals surface area (Å²) in [5.74, 6) is 1.15. The van der Waals surface area contributed by atoms with E-state index >= 15 is 0 Å². The standard InChI is InChI=1S/C28H34BClN4O2/c1-17-12-23(30)15-20-2-3-21-14-22(29)16-32-27(21)26(25(17)20)19-6-10-33(11-7-19)24(35)13-18-4-8-34(9-5-18)28(31)36/h12,14-16,18-19,26H,2-11,13H2,1H3,(H2,31,36). The molecule has 3 aliphatic rings. The van der Waals surface area contributed by atoms with Gasteiger partial charge in [0.15, 0.2) is 0 Å². The third kappa shape index (κ3) is 5.13. The molecule has 1 aliphatic carbocycles. The normalized spacial score (nSPS) is 21.0. The van der Waals surface area contributed by atoms with Gasteiger partial charge < -0.3 is 15.5 Å². The van der Waals surface area contributed by atoms with E-state index in [1.54, 1.807) is 11.1 Å². The number of piperidine rings is 2. The summed E-state index contributed by atoms with van der Waals surface area (Å²) in [4.78, 5) is 33.1. The molecule has 0 saturated carbocycles. The lowest BCUT2D eigenvalue weighted by molar-refractivity contribution is -0.134. The first kappa shape index (κ1) is 25.1. The highest BCUT2D eigenvalue weighted by molar-refractivity contribution is 6.32. The molecule has 1 aromatic carbocycles. The molecule has 1 atom stereocenters. The van der Waals surface area contributed by atoms with Crippen molar-refractivity contribution in [2.45, 2.75) is 57.8 Å². The first-order valence-electron chi connectivity index (χ1n) is 13.2. The number of pyridine rings is 1. The molecule has 2 aromatic rings. The van der Waals surface area contributed by atoms with Crippen LogP contribution in [0.25, 0.3) is 0 Å². The van der Waals surface area contributed by atoms with E-state index in [1.165, 1.54) is 22.3 Å². The van der Waals surface area contributed by atoms with Gasteiger partial charge in [-0.3, -0.25) is 9.78 Å². The number of carbonyl (C=O) groups excluding carboxylic acids is 2. The van der Waals surface area contributed by atoms with Crippen molar-refractivity contribution in [3.8, 4) is 0 Å². The number of halogens is 1. The zero-order valence-electron chi connectivity index (χ0n) is 21.0. The number of fused-ring (bicyclic) bond motifs is 2. The minimum absolute atomic E-state index is 0.186. The Labute approximate surface area is 220 Å². The van der Waals surface area contributed by atoms with Crippen molar-refractivity contribution in [1.29, 1.82) is 0 Å². The lowest BCUT2D eigenvalue weighted by Gasteiger charge is -2.38. The number of primary amides is 1. The van der Waals surface area contributed by atoms with Gasteiger partial charge in [0, 0.05) is 49.7 Å². The average Bonchev–Trinajstić information content (AvgIpc) is 3.01. The van der Waals surface area contributed by atoms with Crippen molar-refractivity contribution in [1.82, 2.24) is 14.8 Å². The number of aryl methyl sites for hydroxylation is 3. The number of aromatic nitrogens is 1. The molecular formula is C28H34BClN4O2. The van der Waals surface area contributed by atoms with E-state index < -0.39 is 0 Å². The quantitative estimate of drug-likeness (QED) is 0.650. The molecule has 1 aromatic heterocycles. The molecule has 1 unspecified atom stereocenters. The van der Waals surface area contributed by atoms with Gasteiger partial charge in [-0.2, -0.15) is 0 Å². The Kier molecular flexibility index (Phi) is 7.29. The lowest BCUT2D eigenvalue weighted by Crippen LogP contribution is -2.44. The maximum absolute atomic E-state index is 13.1. The SMILES string of the molecule is [B]c1cnc2c(c1)CCc1cc(Cl)cc(C)c1C2C1CCN(C(=O)CC2CCN(C(N)=O)CC2)CC1. The highest BCUT2D eigenvalue weighted by atomic mass is 35.5. The Morgan fingerprint density at radius 1 is 1.03 bits per heavy atom. The predicted molar refractivity (Wildman–Crippen MR) is 143 cm³/mol. The van der Waals surface area contributed by atoms with E-state index in [4.69, 9.17) is 30.2 Å². The summed E-state index contributed by atoms with van der Waals surface area (Å²) in [5.41, 5.74) is 12.4. The third-order valence-electron chi connectivity index (χ3n) is 8.48. The van der Waals surface area contributed by atoms with Gasteiger partial charge in [-0.25, -0.2) is 4.79 Å². The van der Waals surface area contributed by atoms with Gasteiger partial charge in [0.2, 0.25) is 5.91 Å². The summed E-state index contributed by atoms with van der Waals surface area (Å²) in [6.45, 7) is 4.99. The summed E-state index contributed by atoms with van der Waals surface area (Å²) >= 11 is 6.46. The topological polar surface area (TPSA) is 79.5 Å². The molecule has 3 amide bonds. The second-order valence-corrected chi connectivity index (χ2v) is 11.2. The smallest absolute Gasteiger partial charge is 0.314 e. The second-order valence-electron chi connectivity index (χ2n) is 10.8. The minimum atomic E-state index is -0.363. The fourth-order valence-corrected chi connectivity index (χ4v) is 6.87. The highest BCUT2D eigenvalue weighted by Gasteiger charge is 2.36. The van der Waals surface area contributed by atoms with Gasteiger partial charge in [0.25, 0.3) is 0 Å². The number of nitrogens with zero attached hydrogens (tertiary/aromatic N) is 3. The van der Waals surface area contributed by atoms with E-state index in [0.29, 0.717) is 36.8 Å². The zero-order valence-corrected chi connectivity index (χ0v) is 21.8. The molecule has 6 nitrogen and oxygen atoms in total. The molecule has 36 heavy (non-hydrogen) atoms. The van der Waals surface area contributed by atoms with Crippen molar-refractivity contribution in [3.05, 3.63) is 57.4 Å². The van der Waals surface area contributed by atoms with Crippen LogP contribution in [-0.4, -0.2) is 60.7 Å². The number of hydrogen-bond donors (Lipinski definition) is 1. The van der Waals surface area contributed by atoms with E-state index in [0.717, 1.165) is 62.3 Å². The van der Waals surface area contributed by atoms with Crippen molar-refractivity contribution in [3.63, 3.8) is 0 Å². The molecule has 2 radical (unpaired) electrons.